The molecule has 1 aromatic rings. The van der Waals surface area contributed by atoms with Crippen LogP contribution in [0.4, 0.5) is 36.8 Å². The van der Waals surface area contributed by atoms with Crippen LogP contribution in [-0.4, -0.2) is 18.7 Å². The molecule has 146 valence electrons. The molecule has 26 heavy (non-hydrogen) atoms. The molecule has 2 rings (SSSR count). The Morgan fingerprint density at radius 1 is 1.00 bits per heavy atom. The third kappa shape index (κ3) is 5.04. The molecule has 0 saturated carbocycles. The summed E-state index contributed by atoms with van der Waals surface area (Å²) in [7, 11) is 0. The molecule has 1 aliphatic heterocycles. The minimum absolute atomic E-state index is 0.0349. The Morgan fingerprint density at radius 3 is 2.08 bits per heavy atom. The first-order valence-electron chi connectivity index (χ1n) is 8.30. The van der Waals surface area contributed by atoms with Gasteiger partial charge in [0.2, 0.25) is 0 Å². The maximum Gasteiger partial charge on any atom is 0.416 e. The smallest absolute Gasteiger partial charge is 0.416 e. The quantitative estimate of drug-likeness (QED) is 0.444. The van der Waals surface area contributed by atoms with Gasteiger partial charge in [0.15, 0.2) is 0 Å². The number of amides is 1. The fourth-order valence-electron chi connectivity index (χ4n) is 2.78. The Balaban J connectivity index is 2.23. The van der Waals surface area contributed by atoms with Crippen molar-refractivity contribution in [1.29, 1.82) is 0 Å². The molecule has 3 nitrogen and oxygen atoms in total. The summed E-state index contributed by atoms with van der Waals surface area (Å²) in [6, 6.07) is 1.11. The van der Waals surface area contributed by atoms with E-state index >= 15 is 0 Å². The number of hydrogen-bond acceptors (Lipinski definition) is 2. The minimum atomic E-state index is -4.96. The summed E-state index contributed by atoms with van der Waals surface area (Å²) >= 11 is 0. The number of hydrogen-bond donors (Lipinski definition) is 0. The second-order valence-corrected chi connectivity index (χ2v) is 6.23. The lowest BCUT2D eigenvalue weighted by molar-refractivity contribution is -0.143. The van der Waals surface area contributed by atoms with Crippen molar-refractivity contribution in [3.63, 3.8) is 0 Å². The monoisotopic (exact) mass is 383 g/mol. The summed E-state index contributed by atoms with van der Waals surface area (Å²) < 4.78 is 82.7. The summed E-state index contributed by atoms with van der Waals surface area (Å²) in [5.41, 5.74) is -3.38. The average molecular weight is 383 g/mol. The van der Waals surface area contributed by atoms with Gasteiger partial charge in [0.05, 0.1) is 17.7 Å². The van der Waals surface area contributed by atoms with Crippen LogP contribution < -0.4 is 4.90 Å². The van der Waals surface area contributed by atoms with Crippen LogP contribution in [0.5, 0.6) is 0 Å². The molecule has 9 heteroatoms. The molecule has 0 aromatic heterocycles. The van der Waals surface area contributed by atoms with E-state index in [9.17, 15) is 31.1 Å². The Labute approximate surface area is 146 Å². The number of cyclic esters (lactones) is 1. The maximum absolute atomic E-state index is 12.9. The lowest BCUT2D eigenvalue weighted by atomic mass is 10.1. The van der Waals surface area contributed by atoms with E-state index in [1.165, 1.54) is 0 Å². The first-order chi connectivity index (χ1) is 12.0. The van der Waals surface area contributed by atoms with E-state index in [1.54, 1.807) is 0 Å². The van der Waals surface area contributed by atoms with Crippen molar-refractivity contribution < 1.29 is 35.9 Å². The van der Waals surface area contributed by atoms with Crippen LogP contribution in [0.1, 0.15) is 50.2 Å². The molecule has 1 amide bonds. The molecule has 0 bridgehead atoms. The summed E-state index contributed by atoms with van der Waals surface area (Å²) in [6.45, 7) is 1.97. The van der Waals surface area contributed by atoms with E-state index in [-0.39, 0.29) is 12.6 Å². The molecule has 1 saturated heterocycles. The van der Waals surface area contributed by atoms with Crippen LogP contribution >= 0.6 is 0 Å². The van der Waals surface area contributed by atoms with Crippen molar-refractivity contribution in [2.45, 2.75) is 57.5 Å². The minimum Gasteiger partial charge on any atom is -0.444 e. The number of unbranched alkanes of at least 4 members (excludes halogenated alkanes) is 3. The fraction of sp³-hybridized carbons (Fsp3) is 0.588. The number of carbonyl (C=O) groups excluding carboxylic acids is 1. The molecule has 0 aliphatic carbocycles. The van der Waals surface area contributed by atoms with Crippen LogP contribution in [0.3, 0.4) is 0 Å². The molecule has 1 unspecified atom stereocenters. The second kappa shape index (κ2) is 7.75. The van der Waals surface area contributed by atoms with Gasteiger partial charge in [-0.15, -0.1) is 0 Å². The van der Waals surface area contributed by atoms with Gasteiger partial charge in [-0.2, -0.15) is 26.3 Å². The van der Waals surface area contributed by atoms with E-state index in [1.807, 2.05) is 6.92 Å². The van der Waals surface area contributed by atoms with Crippen LogP contribution in [0.25, 0.3) is 0 Å². The van der Waals surface area contributed by atoms with E-state index in [4.69, 9.17) is 4.74 Å². The second-order valence-electron chi connectivity index (χ2n) is 6.23. The van der Waals surface area contributed by atoms with Gasteiger partial charge in [0, 0.05) is 5.69 Å². The highest BCUT2D eigenvalue weighted by Gasteiger charge is 2.39. The van der Waals surface area contributed by atoms with Gasteiger partial charge < -0.3 is 4.74 Å². The van der Waals surface area contributed by atoms with E-state index in [0.29, 0.717) is 18.6 Å². The summed E-state index contributed by atoms with van der Waals surface area (Å²) in [5, 5.41) is 0. The molecule has 1 heterocycles. The zero-order chi connectivity index (χ0) is 19.5. The van der Waals surface area contributed by atoms with Crippen LogP contribution in [0.2, 0.25) is 0 Å². The molecule has 1 fully saturated rings. The number of ether oxygens (including phenoxy) is 1. The molecule has 0 spiro atoms. The van der Waals surface area contributed by atoms with Gasteiger partial charge in [-0.1, -0.05) is 26.2 Å². The Morgan fingerprint density at radius 2 is 1.58 bits per heavy atom. The maximum atomic E-state index is 12.9. The molecular formula is C17H19F6NO2. The zero-order valence-electron chi connectivity index (χ0n) is 14.1. The first-order valence-corrected chi connectivity index (χ1v) is 8.30. The highest BCUT2D eigenvalue weighted by atomic mass is 19.4. The van der Waals surface area contributed by atoms with Crippen LogP contribution in [0.15, 0.2) is 18.2 Å². The van der Waals surface area contributed by atoms with Crippen molar-refractivity contribution in [2.24, 2.45) is 0 Å². The predicted octanol–water partition coefficient (Wildman–Crippen LogP) is 6.02. The number of anilines is 1. The van der Waals surface area contributed by atoms with Crippen LogP contribution in [-0.2, 0) is 17.1 Å². The summed E-state index contributed by atoms with van der Waals surface area (Å²) in [6.07, 6.45) is -7.15. The van der Waals surface area contributed by atoms with Crippen LogP contribution in [0, 0.1) is 0 Å². The predicted molar refractivity (Wildman–Crippen MR) is 82.8 cm³/mol. The van der Waals surface area contributed by atoms with Crippen molar-refractivity contribution >= 4 is 11.8 Å². The lowest BCUT2D eigenvalue weighted by Crippen LogP contribution is -2.25. The molecule has 0 radical (unpaired) electrons. The first kappa shape index (κ1) is 20.4. The average Bonchev–Trinajstić information content (AvgIpc) is 2.90. The lowest BCUT2D eigenvalue weighted by Gasteiger charge is -2.18. The van der Waals surface area contributed by atoms with Crippen molar-refractivity contribution in [3.8, 4) is 0 Å². The van der Waals surface area contributed by atoms with Crippen molar-refractivity contribution in [2.75, 3.05) is 11.4 Å². The van der Waals surface area contributed by atoms with Gasteiger partial charge in [-0.3, -0.25) is 4.90 Å². The number of benzene rings is 1. The third-order valence-electron chi connectivity index (χ3n) is 4.14. The normalized spacial score (nSPS) is 18.3. The largest absolute Gasteiger partial charge is 0.444 e. The van der Waals surface area contributed by atoms with E-state index in [0.717, 1.165) is 30.6 Å². The van der Waals surface area contributed by atoms with Gasteiger partial charge in [-0.05, 0) is 31.0 Å². The zero-order valence-corrected chi connectivity index (χ0v) is 14.1. The van der Waals surface area contributed by atoms with Crippen molar-refractivity contribution in [1.82, 2.24) is 0 Å². The van der Waals surface area contributed by atoms with E-state index in [2.05, 4.69) is 0 Å². The molecule has 1 atom stereocenters. The molecular weight excluding hydrogens is 364 g/mol. The van der Waals surface area contributed by atoms with Crippen molar-refractivity contribution in [3.05, 3.63) is 29.3 Å². The van der Waals surface area contributed by atoms with Gasteiger partial charge in [0.25, 0.3) is 0 Å². The highest BCUT2D eigenvalue weighted by Crippen LogP contribution is 2.39. The van der Waals surface area contributed by atoms with Gasteiger partial charge in [0.1, 0.15) is 6.10 Å². The van der Waals surface area contributed by atoms with E-state index < -0.39 is 41.4 Å². The molecule has 1 aromatic carbocycles. The molecule has 0 N–H and O–H groups in total. The SMILES string of the molecule is CCCCCCC1CN(c2cc(C(F)(F)F)cc(C(F)(F)F)c2)C(=O)O1. The standard InChI is InChI=1S/C17H19F6NO2/c1-2-3-4-5-6-14-10-24(15(25)26-14)13-8-11(16(18,19)20)7-12(9-13)17(21,22)23/h7-9,14H,2-6,10H2,1H3. The Hall–Kier alpha value is -1.93. The highest BCUT2D eigenvalue weighted by molar-refractivity contribution is 5.90. The number of rotatable bonds is 6. The fourth-order valence-corrected chi connectivity index (χ4v) is 2.78. The van der Waals surface area contributed by atoms with Gasteiger partial charge in [-0.25, -0.2) is 4.79 Å². The summed E-state index contributed by atoms with van der Waals surface area (Å²) in [5.74, 6) is 0. The third-order valence-corrected chi connectivity index (χ3v) is 4.14. The number of alkyl halides is 6. The number of nitrogens with zero attached hydrogens (tertiary/aromatic N) is 1. The number of halogens is 6. The topological polar surface area (TPSA) is 29.5 Å². The number of carbonyl (C=O) groups is 1. The van der Waals surface area contributed by atoms with Gasteiger partial charge >= 0.3 is 18.4 Å². The Kier molecular flexibility index (Phi) is 6.08. The Bertz CT molecular complexity index is 609. The summed E-state index contributed by atoms with van der Waals surface area (Å²) in [4.78, 5) is 12.8. The molecule has 1 aliphatic rings.